The van der Waals surface area contributed by atoms with Gasteiger partial charge in [0, 0.05) is 23.3 Å². The SMILES string of the molecule is CCN1c2cc(Cl)c(/C=N\NC(=O)Cc3cccc4ccccc34)cc2C(C)CC1(C)C. The first kappa shape index (κ1) is 22.3. The Morgan fingerprint density at radius 3 is 2.75 bits per heavy atom. The van der Waals surface area contributed by atoms with Crippen LogP contribution in [0.5, 0.6) is 0 Å². The maximum absolute atomic E-state index is 12.5. The zero-order valence-electron chi connectivity index (χ0n) is 19.2. The Balaban J connectivity index is 1.50. The number of anilines is 1. The summed E-state index contributed by atoms with van der Waals surface area (Å²) < 4.78 is 0. The number of nitrogens with one attached hydrogen (secondary N) is 1. The summed E-state index contributed by atoms with van der Waals surface area (Å²) in [6.07, 6.45) is 2.99. The molecule has 1 N–H and O–H groups in total. The molecule has 0 radical (unpaired) electrons. The van der Waals surface area contributed by atoms with E-state index >= 15 is 0 Å². The molecule has 1 amide bonds. The fourth-order valence-corrected chi connectivity index (χ4v) is 5.26. The van der Waals surface area contributed by atoms with Crippen LogP contribution in [-0.2, 0) is 11.2 Å². The van der Waals surface area contributed by atoms with Crippen LogP contribution in [0.1, 0.15) is 56.7 Å². The van der Waals surface area contributed by atoms with E-state index in [1.807, 2.05) is 36.4 Å². The summed E-state index contributed by atoms with van der Waals surface area (Å²) in [6, 6.07) is 18.2. The average Bonchev–Trinajstić information content (AvgIpc) is 2.74. The van der Waals surface area contributed by atoms with Crippen LogP contribution in [0.15, 0.2) is 59.7 Å². The van der Waals surface area contributed by atoms with Gasteiger partial charge in [-0.1, -0.05) is 61.0 Å². The third-order valence-corrected chi connectivity index (χ3v) is 6.77. The fraction of sp³-hybridized carbons (Fsp3) is 0.333. The number of hydrogen-bond donors (Lipinski definition) is 1. The number of rotatable bonds is 5. The Morgan fingerprint density at radius 1 is 1.22 bits per heavy atom. The Bertz CT molecular complexity index is 1180. The van der Waals surface area contributed by atoms with Crippen molar-refractivity contribution in [3.05, 3.63) is 76.3 Å². The molecule has 0 aliphatic carbocycles. The molecule has 32 heavy (non-hydrogen) atoms. The zero-order valence-corrected chi connectivity index (χ0v) is 19.9. The van der Waals surface area contributed by atoms with E-state index in [-0.39, 0.29) is 17.9 Å². The van der Waals surface area contributed by atoms with E-state index in [0.29, 0.717) is 10.9 Å². The topological polar surface area (TPSA) is 44.7 Å². The highest BCUT2D eigenvalue weighted by atomic mass is 35.5. The second kappa shape index (κ2) is 8.95. The van der Waals surface area contributed by atoms with E-state index in [9.17, 15) is 4.79 Å². The normalized spacial score (nSPS) is 17.5. The van der Waals surface area contributed by atoms with Gasteiger partial charge in [0.05, 0.1) is 17.7 Å². The number of fused-ring (bicyclic) bond motifs is 2. The number of carbonyl (C=O) groups excluding carboxylic acids is 1. The number of amides is 1. The highest BCUT2D eigenvalue weighted by molar-refractivity contribution is 6.33. The van der Waals surface area contributed by atoms with Gasteiger partial charge in [-0.2, -0.15) is 5.10 Å². The summed E-state index contributed by atoms with van der Waals surface area (Å²) in [5, 5.41) is 7.05. The van der Waals surface area contributed by atoms with Gasteiger partial charge in [0.15, 0.2) is 0 Å². The predicted molar refractivity (Wildman–Crippen MR) is 135 cm³/mol. The van der Waals surface area contributed by atoms with Gasteiger partial charge in [-0.05, 0) is 67.1 Å². The average molecular weight is 448 g/mol. The van der Waals surface area contributed by atoms with Crippen molar-refractivity contribution < 1.29 is 4.79 Å². The van der Waals surface area contributed by atoms with Crippen LogP contribution >= 0.6 is 11.6 Å². The molecule has 166 valence electrons. The van der Waals surface area contributed by atoms with Gasteiger partial charge >= 0.3 is 0 Å². The van der Waals surface area contributed by atoms with Crippen molar-refractivity contribution in [2.24, 2.45) is 5.10 Å². The molecular formula is C27H30ClN3O. The third-order valence-electron chi connectivity index (χ3n) is 6.44. The number of nitrogens with zero attached hydrogens (tertiary/aromatic N) is 2. The van der Waals surface area contributed by atoms with Crippen LogP contribution in [0.3, 0.4) is 0 Å². The van der Waals surface area contributed by atoms with Crippen LogP contribution in [0, 0.1) is 0 Å². The second-order valence-corrected chi connectivity index (χ2v) is 9.61. The number of hydrazone groups is 1. The molecule has 0 saturated carbocycles. The standard InChI is InChI=1S/C27H30ClN3O/c1-5-31-25-15-24(28)21(13-23(25)18(2)16-27(31,3)4)17-29-30-26(32)14-20-11-8-10-19-9-6-7-12-22(19)20/h6-13,15,17-18H,5,14,16H2,1-4H3,(H,30,32)/b29-17-. The van der Waals surface area contributed by atoms with E-state index in [1.165, 1.54) is 11.3 Å². The van der Waals surface area contributed by atoms with Gasteiger partial charge in [-0.3, -0.25) is 4.79 Å². The lowest BCUT2D eigenvalue weighted by molar-refractivity contribution is -0.120. The molecule has 5 heteroatoms. The molecule has 0 saturated heterocycles. The summed E-state index contributed by atoms with van der Waals surface area (Å²) in [7, 11) is 0. The van der Waals surface area contributed by atoms with Crippen molar-refractivity contribution in [2.45, 2.75) is 52.0 Å². The largest absolute Gasteiger partial charge is 0.366 e. The lowest BCUT2D eigenvalue weighted by atomic mass is 9.79. The van der Waals surface area contributed by atoms with E-state index in [4.69, 9.17) is 11.6 Å². The van der Waals surface area contributed by atoms with E-state index in [0.717, 1.165) is 34.9 Å². The molecule has 0 bridgehead atoms. The first-order chi connectivity index (χ1) is 15.3. The van der Waals surface area contributed by atoms with Crippen molar-refractivity contribution in [3.63, 3.8) is 0 Å². The lowest BCUT2D eigenvalue weighted by Crippen LogP contribution is -2.48. The molecule has 1 atom stereocenters. The van der Waals surface area contributed by atoms with Crippen LogP contribution in [-0.4, -0.2) is 24.2 Å². The predicted octanol–water partition coefficient (Wildman–Crippen LogP) is 6.30. The van der Waals surface area contributed by atoms with Crippen molar-refractivity contribution in [3.8, 4) is 0 Å². The minimum absolute atomic E-state index is 0.0929. The molecule has 3 aromatic rings. The second-order valence-electron chi connectivity index (χ2n) is 9.20. The Kier molecular flexibility index (Phi) is 6.25. The van der Waals surface area contributed by atoms with Gasteiger partial charge in [0.2, 0.25) is 5.91 Å². The van der Waals surface area contributed by atoms with E-state index in [2.05, 4.69) is 61.3 Å². The molecule has 0 spiro atoms. The molecule has 0 aromatic heterocycles. The molecule has 4 nitrogen and oxygen atoms in total. The Labute approximate surface area is 195 Å². The lowest BCUT2D eigenvalue weighted by Gasteiger charge is -2.47. The van der Waals surface area contributed by atoms with Crippen LogP contribution in [0.2, 0.25) is 5.02 Å². The Morgan fingerprint density at radius 2 is 1.97 bits per heavy atom. The number of benzene rings is 3. The quantitative estimate of drug-likeness (QED) is 0.368. The fourth-order valence-electron chi connectivity index (χ4n) is 5.05. The van der Waals surface area contributed by atoms with Gasteiger partial charge < -0.3 is 4.90 Å². The van der Waals surface area contributed by atoms with Crippen molar-refractivity contribution in [1.82, 2.24) is 5.43 Å². The molecule has 1 aliphatic rings. The molecular weight excluding hydrogens is 418 g/mol. The monoisotopic (exact) mass is 447 g/mol. The van der Waals surface area contributed by atoms with Gasteiger partial charge in [0.1, 0.15) is 0 Å². The van der Waals surface area contributed by atoms with Gasteiger partial charge in [0.25, 0.3) is 0 Å². The highest BCUT2D eigenvalue weighted by Gasteiger charge is 2.35. The smallest absolute Gasteiger partial charge is 0.244 e. The Hall–Kier alpha value is -2.85. The van der Waals surface area contributed by atoms with Crippen molar-refractivity contribution in [2.75, 3.05) is 11.4 Å². The molecule has 1 aliphatic heterocycles. The summed E-state index contributed by atoms with van der Waals surface area (Å²) in [5.41, 5.74) is 7.02. The molecule has 4 rings (SSSR count). The summed E-state index contributed by atoms with van der Waals surface area (Å²) in [4.78, 5) is 14.9. The summed E-state index contributed by atoms with van der Waals surface area (Å²) >= 11 is 6.60. The maximum atomic E-state index is 12.5. The first-order valence-corrected chi connectivity index (χ1v) is 11.6. The first-order valence-electron chi connectivity index (χ1n) is 11.2. The third kappa shape index (κ3) is 4.37. The summed E-state index contributed by atoms with van der Waals surface area (Å²) in [6.45, 7) is 9.93. The zero-order chi connectivity index (χ0) is 22.9. The van der Waals surface area contributed by atoms with Crippen molar-refractivity contribution >= 4 is 40.2 Å². The molecule has 1 heterocycles. The van der Waals surface area contributed by atoms with E-state index < -0.39 is 0 Å². The molecule has 3 aromatic carbocycles. The maximum Gasteiger partial charge on any atom is 0.244 e. The van der Waals surface area contributed by atoms with Crippen LogP contribution in [0.25, 0.3) is 10.8 Å². The van der Waals surface area contributed by atoms with Gasteiger partial charge in [-0.25, -0.2) is 5.43 Å². The number of halogens is 1. The molecule has 1 unspecified atom stereocenters. The van der Waals surface area contributed by atoms with Crippen LogP contribution < -0.4 is 10.3 Å². The van der Waals surface area contributed by atoms with E-state index in [1.54, 1.807) is 6.21 Å². The number of hydrogen-bond acceptors (Lipinski definition) is 3. The van der Waals surface area contributed by atoms with Crippen molar-refractivity contribution in [1.29, 1.82) is 0 Å². The number of carbonyl (C=O) groups is 1. The minimum atomic E-state index is -0.154. The van der Waals surface area contributed by atoms with Crippen LogP contribution in [0.4, 0.5) is 5.69 Å². The molecule has 0 fully saturated rings. The highest BCUT2D eigenvalue weighted by Crippen LogP contribution is 2.44. The minimum Gasteiger partial charge on any atom is -0.366 e. The van der Waals surface area contributed by atoms with Gasteiger partial charge in [-0.15, -0.1) is 0 Å². The summed E-state index contributed by atoms with van der Waals surface area (Å²) in [5.74, 6) is 0.270.